The lowest BCUT2D eigenvalue weighted by atomic mass is 9.96. The zero-order valence-corrected chi connectivity index (χ0v) is 13.9. The van der Waals surface area contributed by atoms with Crippen LogP contribution in [0.1, 0.15) is 37.8 Å². The van der Waals surface area contributed by atoms with E-state index in [0.717, 1.165) is 32.5 Å². The largest absolute Gasteiger partial charge is 0.381 e. The topological polar surface area (TPSA) is 52.6 Å². The summed E-state index contributed by atoms with van der Waals surface area (Å²) in [6.07, 6.45) is 2.19. The molecule has 0 unspecified atom stereocenters. The fourth-order valence-electron chi connectivity index (χ4n) is 2.75. The third kappa shape index (κ3) is 5.11. The number of carbonyl (C=O) groups excluding carboxylic acids is 1. The van der Waals surface area contributed by atoms with Gasteiger partial charge in [-0.1, -0.05) is 29.8 Å². The van der Waals surface area contributed by atoms with Gasteiger partial charge in [0.2, 0.25) is 0 Å². The quantitative estimate of drug-likeness (QED) is 0.876. The molecule has 122 valence electrons. The van der Waals surface area contributed by atoms with Gasteiger partial charge in [0.1, 0.15) is 5.60 Å². The molecule has 2 N–H and O–H groups in total. The lowest BCUT2D eigenvalue weighted by Crippen LogP contribution is -2.45. The number of nitrogens with zero attached hydrogens (tertiary/aromatic N) is 1. The molecule has 1 amide bonds. The van der Waals surface area contributed by atoms with Gasteiger partial charge in [0.05, 0.1) is 0 Å². The molecule has 0 saturated carbocycles. The van der Waals surface area contributed by atoms with Crippen LogP contribution in [0.4, 0.5) is 0 Å². The Bertz CT molecular complexity index is 483. The van der Waals surface area contributed by atoms with Gasteiger partial charge in [-0.05, 0) is 58.2 Å². The summed E-state index contributed by atoms with van der Waals surface area (Å²) in [4.78, 5) is 14.1. The van der Waals surface area contributed by atoms with Crippen LogP contribution < -0.4 is 5.32 Å². The first-order valence-corrected chi connectivity index (χ1v) is 8.13. The Labute approximate surface area is 133 Å². The summed E-state index contributed by atoms with van der Waals surface area (Å²) in [6.45, 7) is 8.95. The summed E-state index contributed by atoms with van der Waals surface area (Å²) in [7, 11) is 0. The first-order chi connectivity index (χ1) is 10.3. The van der Waals surface area contributed by atoms with Gasteiger partial charge < -0.3 is 10.4 Å². The third-order valence-corrected chi connectivity index (χ3v) is 4.34. The van der Waals surface area contributed by atoms with E-state index in [1.165, 1.54) is 25.0 Å². The summed E-state index contributed by atoms with van der Waals surface area (Å²) in [5.74, 6) is 0.232. The number of aryl methyl sites for hydroxylation is 1. The predicted molar refractivity (Wildman–Crippen MR) is 88.5 cm³/mol. The van der Waals surface area contributed by atoms with Gasteiger partial charge >= 0.3 is 0 Å². The van der Waals surface area contributed by atoms with E-state index in [1.807, 2.05) is 0 Å². The SMILES string of the molecule is Cc1ccc(CN2CCC(CNC(=O)C(C)(C)O)CC2)cc1. The minimum absolute atomic E-state index is 0.283. The van der Waals surface area contributed by atoms with Crippen molar-refractivity contribution < 1.29 is 9.90 Å². The molecule has 0 radical (unpaired) electrons. The lowest BCUT2D eigenvalue weighted by Gasteiger charge is -2.32. The van der Waals surface area contributed by atoms with Gasteiger partial charge in [0.25, 0.3) is 5.91 Å². The van der Waals surface area contributed by atoms with Crippen molar-refractivity contribution in [3.05, 3.63) is 35.4 Å². The van der Waals surface area contributed by atoms with Crippen LogP contribution in [0.2, 0.25) is 0 Å². The average Bonchev–Trinajstić information content (AvgIpc) is 2.47. The Hall–Kier alpha value is -1.39. The van der Waals surface area contributed by atoms with Crippen LogP contribution in [-0.2, 0) is 11.3 Å². The second-order valence-electron chi connectivity index (χ2n) is 6.97. The molecule has 1 aliphatic heterocycles. The van der Waals surface area contributed by atoms with Gasteiger partial charge in [-0.15, -0.1) is 0 Å². The van der Waals surface area contributed by atoms with Crippen LogP contribution >= 0.6 is 0 Å². The maximum atomic E-state index is 11.7. The number of benzene rings is 1. The smallest absolute Gasteiger partial charge is 0.251 e. The number of aliphatic hydroxyl groups is 1. The number of likely N-dealkylation sites (tertiary alicyclic amines) is 1. The normalized spacial score (nSPS) is 17.5. The monoisotopic (exact) mass is 304 g/mol. The Kier molecular flexibility index (Phi) is 5.59. The molecule has 0 bridgehead atoms. The number of amides is 1. The number of hydrogen-bond donors (Lipinski definition) is 2. The lowest BCUT2D eigenvalue weighted by molar-refractivity contribution is -0.136. The Morgan fingerprint density at radius 2 is 1.86 bits per heavy atom. The van der Waals surface area contributed by atoms with Crippen molar-refractivity contribution in [3.8, 4) is 0 Å². The first kappa shape index (κ1) is 17.0. The van der Waals surface area contributed by atoms with E-state index in [4.69, 9.17) is 0 Å². The molecule has 0 aliphatic carbocycles. The van der Waals surface area contributed by atoms with Crippen LogP contribution in [0, 0.1) is 12.8 Å². The standard InChI is InChI=1S/C18H28N2O2/c1-14-4-6-16(7-5-14)13-20-10-8-15(9-11-20)12-19-17(21)18(2,3)22/h4-7,15,22H,8-13H2,1-3H3,(H,19,21). The van der Waals surface area contributed by atoms with Crippen molar-refractivity contribution in [1.82, 2.24) is 10.2 Å². The van der Waals surface area contributed by atoms with Gasteiger partial charge in [-0.2, -0.15) is 0 Å². The number of rotatable bonds is 5. The van der Waals surface area contributed by atoms with Gasteiger partial charge in [0.15, 0.2) is 0 Å². The predicted octanol–water partition coefficient (Wildman–Crippen LogP) is 2.09. The molecule has 1 aliphatic rings. The molecule has 1 aromatic rings. The molecular formula is C18H28N2O2. The molecule has 2 rings (SSSR count). The zero-order valence-electron chi connectivity index (χ0n) is 13.9. The summed E-state index contributed by atoms with van der Waals surface area (Å²) >= 11 is 0. The highest BCUT2D eigenvalue weighted by Crippen LogP contribution is 2.19. The number of hydrogen-bond acceptors (Lipinski definition) is 3. The molecule has 1 heterocycles. The van der Waals surface area contributed by atoms with Crippen molar-refractivity contribution in [2.45, 2.75) is 45.8 Å². The fraction of sp³-hybridized carbons (Fsp3) is 0.611. The van der Waals surface area contributed by atoms with E-state index < -0.39 is 5.60 Å². The van der Waals surface area contributed by atoms with Gasteiger partial charge in [-0.3, -0.25) is 9.69 Å². The average molecular weight is 304 g/mol. The number of carbonyl (C=O) groups is 1. The van der Waals surface area contributed by atoms with E-state index in [-0.39, 0.29) is 5.91 Å². The summed E-state index contributed by atoms with van der Waals surface area (Å²) < 4.78 is 0. The van der Waals surface area contributed by atoms with E-state index in [2.05, 4.69) is 41.4 Å². The second-order valence-corrected chi connectivity index (χ2v) is 6.97. The van der Waals surface area contributed by atoms with Crippen molar-refractivity contribution in [3.63, 3.8) is 0 Å². The van der Waals surface area contributed by atoms with E-state index >= 15 is 0 Å². The highest BCUT2D eigenvalue weighted by atomic mass is 16.3. The number of piperidine rings is 1. The Morgan fingerprint density at radius 3 is 2.41 bits per heavy atom. The Balaban J connectivity index is 1.71. The molecular weight excluding hydrogens is 276 g/mol. The molecule has 1 aromatic carbocycles. The van der Waals surface area contributed by atoms with Crippen LogP contribution in [0.5, 0.6) is 0 Å². The van der Waals surface area contributed by atoms with Crippen LogP contribution in [0.15, 0.2) is 24.3 Å². The van der Waals surface area contributed by atoms with Crippen molar-refractivity contribution in [2.24, 2.45) is 5.92 Å². The van der Waals surface area contributed by atoms with Crippen molar-refractivity contribution in [2.75, 3.05) is 19.6 Å². The van der Waals surface area contributed by atoms with E-state index in [9.17, 15) is 9.90 Å². The first-order valence-electron chi connectivity index (χ1n) is 8.13. The maximum absolute atomic E-state index is 11.7. The fourth-order valence-corrected chi connectivity index (χ4v) is 2.75. The van der Waals surface area contributed by atoms with Crippen molar-refractivity contribution >= 4 is 5.91 Å². The summed E-state index contributed by atoms with van der Waals surface area (Å²) in [6, 6.07) is 8.72. The van der Waals surface area contributed by atoms with E-state index in [0.29, 0.717) is 12.5 Å². The minimum atomic E-state index is -1.29. The van der Waals surface area contributed by atoms with Crippen molar-refractivity contribution in [1.29, 1.82) is 0 Å². The van der Waals surface area contributed by atoms with Crippen LogP contribution in [0.3, 0.4) is 0 Å². The molecule has 4 nitrogen and oxygen atoms in total. The molecule has 4 heteroatoms. The second kappa shape index (κ2) is 7.25. The summed E-state index contributed by atoms with van der Waals surface area (Å²) in [5.41, 5.74) is 1.37. The highest BCUT2D eigenvalue weighted by Gasteiger charge is 2.25. The minimum Gasteiger partial charge on any atom is -0.381 e. The van der Waals surface area contributed by atoms with Crippen LogP contribution in [0.25, 0.3) is 0 Å². The molecule has 0 spiro atoms. The van der Waals surface area contributed by atoms with Gasteiger partial charge in [-0.25, -0.2) is 0 Å². The highest BCUT2D eigenvalue weighted by molar-refractivity contribution is 5.83. The third-order valence-electron chi connectivity index (χ3n) is 4.34. The molecule has 1 fully saturated rings. The maximum Gasteiger partial charge on any atom is 0.251 e. The molecule has 0 aromatic heterocycles. The molecule has 0 atom stereocenters. The van der Waals surface area contributed by atoms with Crippen LogP contribution in [-0.4, -0.2) is 41.1 Å². The number of nitrogens with one attached hydrogen (secondary N) is 1. The molecule has 22 heavy (non-hydrogen) atoms. The van der Waals surface area contributed by atoms with Gasteiger partial charge in [0, 0.05) is 13.1 Å². The zero-order chi connectivity index (χ0) is 16.2. The van der Waals surface area contributed by atoms with E-state index in [1.54, 1.807) is 0 Å². The Morgan fingerprint density at radius 1 is 1.27 bits per heavy atom. The summed E-state index contributed by atoms with van der Waals surface area (Å²) in [5, 5.41) is 12.5. The molecule has 1 saturated heterocycles.